The summed E-state index contributed by atoms with van der Waals surface area (Å²) < 4.78 is 0. The Balaban J connectivity index is 2.86. The molecule has 0 unspecified atom stereocenters. The highest BCUT2D eigenvalue weighted by Gasteiger charge is 2.26. The molecule has 0 bridgehead atoms. The monoisotopic (exact) mass is 318 g/mol. The molecule has 126 valence electrons. The van der Waals surface area contributed by atoms with Crippen LogP contribution >= 0.6 is 0 Å². The summed E-state index contributed by atoms with van der Waals surface area (Å²) in [5, 5.41) is 9.04. The third kappa shape index (κ3) is 5.53. The molecule has 5 heteroatoms. The lowest BCUT2D eigenvalue weighted by molar-refractivity contribution is -0.134. The van der Waals surface area contributed by atoms with Crippen LogP contribution in [0.4, 0.5) is 0 Å². The topological polar surface area (TPSA) is 83.6 Å². The van der Waals surface area contributed by atoms with Gasteiger partial charge in [0.05, 0.1) is 12.1 Å². The quantitative estimate of drug-likeness (QED) is 0.754. The van der Waals surface area contributed by atoms with Crippen LogP contribution in [0.1, 0.15) is 26.3 Å². The summed E-state index contributed by atoms with van der Waals surface area (Å²) in [5.41, 5.74) is 7.27. The zero-order valence-electron chi connectivity index (χ0n) is 14.2. The van der Waals surface area contributed by atoms with Crippen LogP contribution in [0.25, 0.3) is 0 Å². The van der Waals surface area contributed by atoms with E-state index < -0.39 is 12.0 Å². The lowest BCUT2D eigenvalue weighted by atomic mass is 9.98. The van der Waals surface area contributed by atoms with Gasteiger partial charge in [0.2, 0.25) is 5.91 Å². The highest BCUT2D eigenvalue weighted by Crippen LogP contribution is 2.15. The number of likely N-dealkylation sites (N-methyl/N-ethyl adjacent to an activating group) is 1. The van der Waals surface area contributed by atoms with Gasteiger partial charge in [-0.05, 0) is 24.8 Å². The van der Waals surface area contributed by atoms with E-state index in [1.54, 1.807) is 18.0 Å². The summed E-state index contributed by atoms with van der Waals surface area (Å²) in [4.78, 5) is 25.1. The molecule has 0 saturated heterocycles. The van der Waals surface area contributed by atoms with Gasteiger partial charge in [-0.1, -0.05) is 50.3 Å². The number of nitrogens with zero attached hydrogens (tertiary/aromatic N) is 1. The van der Waals surface area contributed by atoms with Crippen molar-refractivity contribution in [2.24, 2.45) is 11.7 Å². The summed E-state index contributed by atoms with van der Waals surface area (Å²) >= 11 is 0. The van der Waals surface area contributed by atoms with Crippen molar-refractivity contribution in [3.8, 4) is 0 Å². The molecule has 0 heterocycles. The molecule has 0 aliphatic rings. The smallest absolute Gasteiger partial charge is 0.331 e. The number of carboxylic acids is 1. The van der Waals surface area contributed by atoms with E-state index in [2.05, 4.69) is 0 Å². The molecular formula is C18H26N2O3. The average Bonchev–Trinajstić information content (AvgIpc) is 2.51. The zero-order valence-corrected chi connectivity index (χ0v) is 14.2. The minimum atomic E-state index is -0.981. The molecule has 0 aliphatic carbocycles. The second kappa shape index (κ2) is 8.48. The summed E-state index contributed by atoms with van der Waals surface area (Å²) in [6, 6.07) is 8.64. The molecule has 0 radical (unpaired) electrons. The van der Waals surface area contributed by atoms with Crippen molar-refractivity contribution in [2.45, 2.75) is 39.3 Å². The third-order valence-corrected chi connectivity index (χ3v) is 3.85. The van der Waals surface area contributed by atoms with Crippen LogP contribution in [0, 0.1) is 5.92 Å². The number of carbonyl (C=O) groups excluding carboxylic acids is 1. The first kappa shape index (κ1) is 18.9. The Morgan fingerprint density at radius 2 is 1.83 bits per heavy atom. The van der Waals surface area contributed by atoms with Crippen LogP contribution in [0.3, 0.4) is 0 Å². The number of amides is 1. The van der Waals surface area contributed by atoms with Gasteiger partial charge < -0.3 is 15.7 Å². The maximum atomic E-state index is 12.6. The molecule has 3 N–H and O–H groups in total. The Morgan fingerprint density at radius 3 is 2.30 bits per heavy atom. The summed E-state index contributed by atoms with van der Waals surface area (Å²) in [6.07, 6.45) is 2.07. The first-order valence-electron chi connectivity index (χ1n) is 7.72. The van der Waals surface area contributed by atoms with Gasteiger partial charge in [0, 0.05) is 12.6 Å². The van der Waals surface area contributed by atoms with Crippen molar-refractivity contribution in [2.75, 3.05) is 7.05 Å². The van der Waals surface area contributed by atoms with E-state index in [1.807, 2.05) is 44.2 Å². The van der Waals surface area contributed by atoms with Crippen molar-refractivity contribution in [1.29, 1.82) is 0 Å². The Hall–Kier alpha value is -2.14. The molecule has 1 aromatic rings. The molecule has 1 rings (SSSR count). The molecule has 0 fully saturated rings. The van der Waals surface area contributed by atoms with Gasteiger partial charge in [0.25, 0.3) is 0 Å². The van der Waals surface area contributed by atoms with Gasteiger partial charge in [0.1, 0.15) is 0 Å². The third-order valence-electron chi connectivity index (χ3n) is 3.85. The van der Waals surface area contributed by atoms with Crippen LogP contribution in [-0.2, 0) is 16.0 Å². The highest BCUT2D eigenvalue weighted by molar-refractivity contribution is 5.86. The number of carboxylic acid groups (broad SMARTS) is 1. The number of benzene rings is 1. The van der Waals surface area contributed by atoms with Crippen molar-refractivity contribution in [3.05, 3.63) is 47.5 Å². The van der Waals surface area contributed by atoms with E-state index in [0.29, 0.717) is 6.42 Å². The Morgan fingerprint density at radius 1 is 1.26 bits per heavy atom. The lowest BCUT2D eigenvalue weighted by Crippen LogP contribution is -2.48. The summed E-state index contributed by atoms with van der Waals surface area (Å²) in [5.74, 6) is -1.09. The molecule has 23 heavy (non-hydrogen) atoms. The maximum absolute atomic E-state index is 12.6. The van der Waals surface area contributed by atoms with E-state index in [4.69, 9.17) is 10.8 Å². The normalized spacial score (nSPS) is 14.4. The minimum absolute atomic E-state index is 0.0853. The molecule has 0 aliphatic heterocycles. The number of carbonyl (C=O) groups is 2. The number of nitrogens with two attached hydrogens (primary N) is 1. The molecule has 0 saturated carbocycles. The van der Waals surface area contributed by atoms with E-state index in [-0.39, 0.29) is 23.4 Å². The zero-order chi connectivity index (χ0) is 17.6. The lowest BCUT2D eigenvalue weighted by Gasteiger charge is -2.31. The predicted octanol–water partition coefficient (Wildman–Crippen LogP) is 2.07. The van der Waals surface area contributed by atoms with Crippen LogP contribution in [-0.4, -0.2) is 41.0 Å². The number of hydrogen-bond acceptors (Lipinski definition) is 3. The van der Waals surface area contributed by atoms with E-state index in [9.17, 15) is 9.59 Å². The Labute approximate surface area is 137 Å². The first-order valence-corrected chi connectivity index (χ1v) is 7.72. The Kier molecular flexibility index (Phi) is 6.97. The van der Waals surface area contributed by atoms with E-state index in [0.717, 1.165) is 5.56 Å². The molecule has 0 spiro atoms. The van der Waals surface area contributed by atoms with Crippen molar-refractivity contribution >= 4 is 11.9 Å². The van der Waals surface area contributed by atoms with Crippen LogP contribution in [0.2, 0.25) is 0 Å². The fraction of sp³-hybridized carbons (Fsp3) is 0.444. The molecular weight excluding hydrogens is 292 g/mol. The largest absolute Gasteiger partial charge is 0.478 e. The number of aliphatic carboxylic acids is 1. The van der Waals surface area contributed by atoms with Gasteiger partial charge in [-0.15, -0.1) is 0 Å². The van der Waals surface area contributed by atoms with Crippen molar-refractivity contribution < 1.29 is 14.7 Å². The minimum Gasteiger partial charge on any atom is -0.478 e. The standard InChI is InChI=1S/C18H26N2O3/c1-12(2)16(10-13(3)18(22)23)20(4)17(21)15(19)11-14-8-6-5-7-9-14/h5-10,12,15-16H,11,19H2,1-4H3,(H,22,23)/b13-10+/t15-,16+/m0/s1. The SMILES string of the molecule is C/C(=C\[C@H](C(C)C)N(C)C(=O)[C@@H](N)Cc1ccccc1)C(=O)O. The second-order valence-corrected chi connectivity index (χ2v) is 6.13. The van der Waals surface area contributed by atoms with Gasteiger partial charge in [-0.3, -0.25) is 4.79 Å². The fourth-order valence-electron chi connectivity index (χ4n) is 2.44. The van der Waals surface area contributed by atoms with Crippen LogP contribution in [0.5, 0.6) is 0 Å². The molecule has 1 aromatic carbocycles. The molecule has 2 atom stereocenters. The van der Waals surface area contributed by atoms with Gasteiger partial charge >= 0.3 is 5.97 Å². The van der Waals surface area contributed by atoms with Gasteiger partial charge in [0.15, 0.2) is 0 Å². The van der Waals surface area contributed by atoms with Gasteiger partial charge in [-0.25, -0.2) is 4.79 Å². The number of hydrogen-bond donors (Lipinski definition) is 2. The summed E-state index contributed by atoms with van der Waals surface area (Å²) in [6.45, 7) is 5.42. The van der Waals surface area contributed by atoms with Crippen molar-refractivity contribution in [3.63, 3.8) is 0 Å². The predicted molar refractivity (Wildman–Crippen MR) is 90.9 cm³/mol. The van der Waals surface area contributed by atoms with E-state index >= 15 is 0 Å². The molecule has 5 nitrogen and oxygen atoms in total. The van der Waals surface area contributed by atoms with Gasteiger partial charge in [-0.2, -0.15) is 0 Å². The first-order chi connectivity index (χ1) is 10.7. The van der Waals surface area contributed by atoms with Crippen LogP contribution in [0.15, 0.2) is 42.0 Å². The molecule has 1 amide bonds. The number of rotatable bonds is 7. The highest BCUT2D eigenvalue weighted by atomic mass is 16.4. The summed E-state index contributed by atoms with van der Waals surface area (Å²) in [7, 11) is 1.67. The maximum Gasteiger partial charge on any atom is 0.331 e. The molecule has 0 aromatic heterocycles. The fourth-order valence-corrected chi connectivity index (χ4v) is 2.44. The van der Waals surface area contributed by atoms with Crippen molar-refractivity contribution in [1.82, 2.24) is 4.90 Å². The average molecular weight is 318 g/mol. The second-order valence-electron chi connectivity index (χ2n) is 6.13. The Bertz CT molecular complexity index is 567. The van der Waals surface area contributed by atoms with E-state index in [1.165, 1.54) is 6.92 Å². The van der Waals surface area contributed by atoms with Crippen LogP contribution < -0.4 is 5.73 Å².